The number of esters is 3. The van der Waals surface area contributed by atoms with Gasteiger partial charge in [0.2, 0.25) is 5.24 Å². The second kappa shape index (κ2) is 46.7. The van der Waals surface area contributed by atoms with Crippen molar-refractivity contribution in [2.24, 2.45) is 11.7 Å². The van der Waals surface area contributed by atoms with Gasteiger partial charge >= 0.3 is 23.9 Å². The van der Waals surface area contributed by atoms with Crippen LogP contribution < -0.4 is 5.73 Å². The number of rotatable bonds is 16. The molecule has 2 unspecified atom stereocenters. The highest BCUT2D eigenvalue weighted by atomic mass is 35.5. The van der Waals surface area contributed by atoms with Crippen LogP contribution in [0.3, 0.4) is 0 Å². The van der Waals surface area contributed by atoms with Crippen LogP contribution >= 0.6 is 11.6 Å². The molecular weight excluding hydrogens is 974 g/mol. The van der Waals surface area contributed by atoms with E-state index in [0.29, 0.717) is 31.0 Å². The largest absolute Gasteiger partial charge is 0.476 e. The number of hydrogen-bond acceptors (Lipinski definition) is 16. The minimum Gasteiger partial charge on any atom is -0.476 e. The van der Waals surface area contributed by atoms with Crippen molar-refractivity contribution in [1.29, 1.82) is 0 Å². The molecule has 5 N–H and O–H groups in total. The smallest absolute Gasteiger partial charge is 0.360 e. The number of carboxylic acids is 1. The van der Waals surface area contributed by atoms with Gasteiger partial charge < -0.3 is 44.1 Å². The third-order valence-electron chi connectivity index (χ3n) is 8.47. The summed E-state index contributed by atoms with van der Waals surface area (Å²) in [6.45, 7) is 15.3. The van der Waals surface area contributed by atoms with Gasteiger partial charge in [0.15, 0.2) is 23.2 Å². The van der Waals surface area contributed by atoms with E-state index in [1.807, 2.05) is 177 Å². The second-order valence-corrected chi connectivity index (χ2v) is 13.9. The number of carboxylic acid groups (broad SMARTS) is 1. The van der Waals surface area contributed by atoms with Crippen molar-refractivity contribution < 1.29 is 67.1 Å². The summed E-state index contributed by atoms with van der Waals surface area (Å²) in [5.74, 6) is -2.61. The first-order valence-electron chi connectivity index (χ1n) is 23.9. The lowest BCUT2D eigenvalue weighted by atomic mass is 9.99. The number of methoxy groups -OCH3 is 3. The highest BCUT2D eigenvalue weighted by Crippen LogP contribution is 2.12. The first-order valence-corrected chi connectivity index (χ1v) is 24.3. The van der Waals surface area contributed by atoms with Crippen LogP contribution in [0.25, 0.3) is 0 Å². The molecule has 2 heterocycles. The molecule has 0 amide bonds. The van der Waals surface area contributed by atoms with Crippen molar-refractivity contribution in [2.75, 3.05) is 34.5 Å². The Morgan fingerprint density at radius 2 is 0.905 bits per heavy atom. The van der Waals surface area contributed by atoms with Crippen LogP contribution in [-0.4, -0.2) is 101 Å². The first-order chi connectivity index (χ1) is 35.7. The summed E-state index contributed by atoms with van der Waals surface area (Å²) < 4.78 is 23.4. The fourth-order valence-electron chi connectivity index (χ4n) is 5.16. The molecule has 0 saturated heterocycles. The maximum atomic E-state index is 11.7. The summed E-state index contributed by atoms with van der Waals surface area (Å²) >= 11 is 5.17. The zero-order valence-corrected chi connectivity index (χ0v) is 45.2. The van der Waals surface area contributed by atoms with Crippen LogP contribution in [0.5, 0.6) is 0 Å². The minimum atomic E-state index is -1.07. The molecule has 17 nitrogen and oxygen atoms in total. The molecule has 0 aliphatic rings. The van der Waals surface area contributed by atoms with E-state index in [2.05, 4.69) is 24.2 Å². The van der Waals surface area contributed by atoms with Gasteiger partial charge in [0.25, 0.3) is 0 Å². The maximum absolute atomic E-state index is 11.7. The van der Waals surface area contributed by atoms with E-state index in [1.165, 1.54) is 27.6 Å². The number of halogens is 1. The van der Waals surface area contributed by atoms with E-state index in [4.69, 9.17) is 41.5 Å². The van der Waals surface area contributed by atoms with Crippen LogP contribution in [0.2, 0.25) is 0 Å². The number of nitrogens with zero attached hydrogens (tertiary/aromatic N) is 2. The van der Waals surface area contributed by atoms with Gasteiger partial charge in [-0.15, -0.1) is 0 Å². The van der Waals surface area contributed by atoms with E-state index in [0.717, 1.165) is 28.5 Å². The number of carbonyl (C=O) groups is 6. The highest BCUT2D eigenvalue weighted by molar-refractivity contribution is 6.63. The Kier molecular flexibility index (Phi) is 44.8. The summed E-state index contributed by atoms with van der Waals surface area (Å²) in [7, 11) is 3.78. The summed E-state index contributed by atoms with van der Waals surface area (Å²) in [5, 5.41) is 25.5. The normalized spacial score (nSPS) is 9.93. The molecular formula is C56H76ClN3O14. The highest BCUT2D eigenvalue weighted by Gasteiger charge is 2.21. The third kappa shape index (κ3) is 33.4. The molecule has 0 radical (unpaired) electrons. The Morgan fingerprint density at radius 1 is 0.541 bits per heavy atom. The van der Waals surface area contributed by atoms with Crippen LogP contribution in [-0.2, 0) is 59.1 Å². The molecule has 6 rings (SSSR count). The van der Waals surface area contributed by atoms with Crippen molar-refractivity contribution in [3.63, 3.8) is 0 Å². The predicted octanol–water partition coefficient (Wildman–Crippen LogP) is 9.56. The van der Waals surface area contributed by atoms with Gasteiger partial charge in [-0.25, -0.2) is 19.6 Å². The number of Topliss-reactive ketones (excluding diaryl/α,β-unsaturated/α-hetero) is 1. The Bertz CT molecular complexity index is 2350. The van der Waals surface area contributed by atoms with Gasteiger partial charge in [0, 0.05) is 32.1 Å². The van der Waals surface area contributed by atoms with E-state index < -0.39 is 35.8 Å². The third-order valence-corrected chi connectivity index (χ3v) is 8.61. The number of nitrogens with two attached hydrogens (primary N) is 1. The zero-order valence-electron chi connectivity index (χ0n) is 44.5. The van der Waals surface area contributed by atoms with Crippen LogP contribution in [0.15, 0.2) is 143 Å². The first kappa shape index (κ1) is 70.9. The summed E-state index contributed by atoms with van der Waals surface area (Å²) in [6, 6.07) is 37.2. The number of carbonyl (C=O) groups excluding carboxylic acids is 5. The summed E-state index contributed by atoms with van der Waals surface area (Å²) in [6.07, 6.45) is 4.14. The van der Waals surface area contributed by atoms with Crippen molar-refractivity contribution in [3.8, 4) is 0 Å². The van der Waals surface area contributed by atoms with Crippen molar-refractivity contribution in [3.05, 3.63) is 179 Å². The van der Waals surface area contributed by atoms with Gasteiger partial charge in [-0.1, -0.05) is 177 Å². The summed E-state index contributed by atoms with van der Waals surface area (Å²) in [4.78, 5) is 73.0. The molecule has 406 valence electrons. The molecule has 0 fully saturated rings. The predicted molar refractivity (Wildman–Crippen MR) is 286 cm³/mol. The average Bonchev–Trinajstić information content (AvgIpc) is 4.13. The number of oxazole rings is 2. The van der Waals surface area contributed by atoms with E-state index in [9.17, 15) is 28.8 Å². The van der Waals surface area contributed by atoms with Gasteiger partial charge in [-0.3, -0.25) is 19.2 Å². The number of aromatic carboxylic acids is 1. The summed E-state index contributed by atoms with van der Waals surface area (Å²) in [5.41, 5.74) is 9.13. The molecule has 4 aromatic carbocycles. The Hall–Kier alpha value is -7.31. The lowest BCUT2D eigenvalue weighted by molar-refractivity contribution is -0.148. The minimum absolute atomic E-state index is 0.0120. The number of ether oxygens (including phenoxy) is 3. The molecule has 0 spiro atoms. The van der Waals surface area contributed by atoms with Crippen LogP contribution in [0.1, 0.15) is 117 Å². The molecule has 6 aromatic rings. The van der Waals surface area contributed by atoms with Crippen molar-refractivity contribution in [2.45, 2.75) is 93.5 Å². The number of aliphatic hydroxyl groups is 2. The molecule has 0 saturated carbocycles. The van der Waals surface area contributed by atoms with Crippen molar-refractivity contribution in [1.82, 2.24) is 9.97 Å². The Morgan fingerprint density at radius 3 is 1.22 bits per heavy atom. The number of benzene rings is 4. The lowest BCUT2D eigenvalue weighted by Gasteiger charge is -2.10. The second-order valence-electron chi connectivity index (χ2n) is 13.5. The topological polar surface area (TPSA) is 269 Å². The monoisotopic (exact) mass is 1050 g/mol. The fraction of sp³-hybridized carbons (Fsp3) is 0.357. The maximum Gasteiger partial charge on any atom is 0.360 e. The Labute approximate surface area is 441 Å². The van der Waals surface area contributed by atoms with Gasteiger partial charge in [-0.05, 0) is 33.9 Å². The molecule has 2 aromatic heterocycles. The lowest BCUT2D eigenvalue weighted by Crippen LogP contribution is -2.34. The van der Waals surface area contributed by atoms with Crippen LogP contribution in [0, 0.1) is 5.92 Å². The van der Waals surface area contributed by atoms with E-state index in [-0.39, 0.29) is 48.5 Å². The molecule has 18 heteroatoms. The van der Waals surface area contributed by atoms with Gasteiger partial charge in [0.05, 0.1) is 40.5 Å². The van der Waals surface area contributed by atoms with E-state index in [1.54, 1.807) is 0 Å². The number of aromatic nitrogens is 2. The number of ketones is 1. The van der Waals surface area contributed by atoms with E-state index >= 15 is 0 Å². The SMILES string of the molecule is CC.CC.CC.CC.COC(=O)C(CO)CC(=O)Cc1ccccc1.COC(=O)C(N)CO.COC(=O)c1coc(Cc2ccccc2)n1.O=C(Cl)Cc1ccccc1.O=C(O)c1coc(Cc2ccccc2)n1. The van der Waals surface area contributed by atoms with Gasteiger partial charge in [-0.2, -0.15) is 0 Å². The van der Waals surface area contributed by atoms with Gasteiger partial charge in [0.1, 0.15) is 24.4 Å². The quantitative estimate of drug-likeness (QED) is 0.0399. The standard InChI is InChI=1S/C13H16O4.C12H11NO3.C11H9NO3.C8H7ClO.C4H9NO3.4C2H6/c1-17-13(16)11(9-14)8-12(15)7-10-5-3-2-4-6-10;1-15-12(14)10-8-16-11(13-10)7-9-5-3-2-4-6-9;13-11(14)9-7-15-10(12-9)6-8-4-2-1-3-5-8;9-8(10)6-7-4-2-1-3-5-7;1-8-4(7)3(5)2-6;4*1-2/h2-6,11,14H,7-9H2,1H3;2-6,8H,7H2,1H3;1-5,7H,6H2,(H,13,14);1-5H,6H2;3,6H,2,5H2,1H3;4*1-2H3. The molecule has 0 bridgehead atoms. The van der Waals surface area contributed by atoms with Crippen LogP contribution in [0.4, 0.5) is 0 Å². The molecule has 0 aliphatic heterocycles. The number of aliphatic hydroxyl groups excluding tert-OH is 2. The molecule has 74 heavy (non-hydrogen) atoms. The Balaban J connectivity index is -0.000000838. The fourth-order valence-corrected chi connectivity index (χ4v) is 5.32. The molecule has 2 atom stereocenters. The average molecular weight is 1050 g/mol. The number of hydrogen-bond donors (Lipinski definition) is 4. The zero-order chi connectivity index (χ0) is 56.7. The van der Waals surface area contributed by atoms with Crippen molar-refractivity contribution >= 4 is 46.5 Å². The molecule has 0 aliphatic carbocycles.